The summed E-state index contributed by atoms with van der Waals surface area (Å²) in [7, 11) is 0. The summed E-state index contributed by atoms with van der Waals surface area (Å²) in [4.78, 5) is 16.9. The number of para-hydroxylation sites is 2. The van der Waals surface area contributed by atoms with Crippen LogP contribution >= 0.6 is 11.6 Å². The van der Waals surface area contributed by atoms with Gasteiger partial charge >= 0.3 is 6.09 Å². The van der Waals surface area contributed by atoms with E-state index in [4.69, 9.17) is 21.1 Å². The van der Waals surface area contributed by atoms with Crippen molar-refractivity contribution in [3.8, 4) is 5.75 Å². The molecule has 0 radical (unpaired) electrons. The molecule has 0 aliphatic rings. The highest BCUT2D eigenvalue weighted by molar-refractivity contribution is 6.30. The van der Waals surface area contributed by atoms with Crippen molar-refractivity contribution in [2.75, 3.05) is 6.61 Å². The maximum absolute atomic E-state index is 12.4. The molecule has 0 saturated carbocycles. The largest absolute Gasteiger partial charge is 0.483 e. The van der Waals surface area contributed by atoms with E-state index >= 15 is 0 Å². The number of hydrogen-bond acceptors (Lipinski definition) is 4. The number of carbonyl (C=O) groups excluding carboxylic acids is 1. The molecule has 2 aromatic carbocycles. The summed E-state index contributed by atoms with van der Waals surface area (Å²) < 4.78 is 12.5. The second kappa shape index (κ2) is 6.93. The van der Waals surface area contributed by atoms with Crippen LogP contribution < -0.4 is 4.74 Å². The summed E-state index contributed by atoms with van der Waals surface area (Å²) in [5, 5.41) is 0.633. The smallest absolute Gasteiger partial charge is 0.420 e. The first-order valence-corrected chi connectivity index (χ1v) is 8.04. The molecule has 0 aliphatic heterocycles. The lowest BCUT2D eigenvalue weighted by Gasteiger charge is -2.15. The fraction of sp³-hybridized carbons (Fsp3) is 0.222. The third kappa shape index (κ3) is 3.21. The molecule has 5 nitrogen and oxygen atoms in total. The zero-order chi connectivity index (χ0) is 17.1. The van der Waals surface area contributed by atoms with Crippen molar-refractivity contribution in [2.24, 2.45) is 0 Å². The molecule has 1 heterocycles. The fourth-order valence-electron chi connectivity index (χ4n) is 2.47. The van der Waals surface area contributed by atoms with Crippen molar-refractivity contribution in [1.29, 1.82) is 0 Å². The lowest BCUT2D eigenvalue weighted by Crippen LogP contribution is -2.19. The summed E-state index contributed by atoms with van der Waals surface area (Å²) in [5.74, 6) is 1.14. The molecule has 0 unspecified atom stereocenters. The van der Waals surface area contributed by atoms with Gasteiger partial charge in [-0.2, -0.15) is 0 Å². The van der Waals surface area contributed by atoms with Crippen LogP contribution in [0.3, 0.4) is 0 Å². The van der Waals surface area contributed by atoms with Gasteiger partial charge in [0.25, 0.3) is 0 Å². The minimum Gasteiger partial charge on any atom is -0.483 e. The van der Waals surface area contributed by atoms with E-state index in [1.807, 2.05) is 31.2 Å². The Morgan fingerprint density at radius 1 is 1.21 bits per heavy atom. The third-order valence-corrected chi connectivity index (χ3v) is 3.78. The predicted octanol–water partition coefficient (Wildman–Crippen LogP) is 4.83. The molecule has 1 atom stereocenters. The average molecular weight is 345 g/mol. The summed E-state index contributed by atoms with van der Waals surface area (Å²) >= 11 is 5.89. The second-order valence-electron chi connectivity index (χ2n) is 5.21. The van der Waals surface area contributed by atoms with Gasteiger partial charge in [0.1, 0.15) is 5.75 Å². The standard InChI is InChI=1S/C18H17ClN2O3/c1-3-23-18(22)21-16-7-5-4-6-15(16)20-17(21)12(2)24-14-10-8-13(19)9-11-14/h4-12H,3H2,1-2H3/t12-/m1/s1. The van der Waals surface area contributed by atoms with Crippen molar-refractivity contribution in [2.45, 2.75) is 20.0 Å². The number of hydrogen-bond donors (Lipinski definition) is 0. The molecule has 0 aliphatic carbocycles. The maximum Gasteiger partial charge on any atom is 0.420 e. The summed E-state index contributed by atoms with van der Waals surface area (Å²) in [5.41, 5.74) is 1.41. The molecule has 124 valence electrons. The Labute approximate surface area is 144 Å². The predicted molar refractivity (Wildman–Crippen MR) is 92.6 cm³/mol. The number of imidazole rings is 1. The fourth-order valence-corrected chi connectivity index (χ4v) is 2.59. The summed E-state index contributed by atoms with van der Waals surface area (Å²) in [6.07, 6.45) is -0.907. The Bertz CT molecular complexity index is 858. The molecular weight excluding hydrogens is 328 g/mol. The Balaban J connectivity index is 1.99. The molecule has 0 fully saturated rings. The normalized spacial score (nSPS) is 12.1. The average Bonchev–Trinajstić information content (AvgIpc) is 2.97. The van der Waals surface area contributed by atoms with Crippen LogP contribution in [0.15, 0.2) is 48.5 Å². The van der Waals surface area contributed by atoms with Crippen LogP contribution in [0.1, 0.15) is 25.8 Å². The van der Waals surface area contributed by atoms with Crippen molar-refractivity contribution >= 4 is 28.7 Å². The summed E-state index contributed by atoms with van der Waals surface area (Å²) in [6.45, 7) is 3.90. The number of rotatable bonds is 4. The quantitative estimate of drug-likeness (QED) is 0.680. The van der Waals surface area contributed by atoms with E-state index in [0.717, 1.165) is 0 Å². The second-order valence-corrected chi connectivity index (χ2v) is 5.64. The van der Waals surface area contributed by atoms with Gasteiger partial charge in [-0.25, -0.2) is 14.3 Å². The highest BCUT2D eigenvalue weighted by atomic mass is 35.5. The van der Waals surface area contributed by atoms with Crippen LogP contribution in [0.25, 0.3) is 11.0 Å². The Hall–Kier alpha value is -2.53. The number of aromatic nitrogens is 2. The lowest BCUT2D eigenvalue weighted by molar-refractivity contribution is 0.149. The number of fused-ring (bicyclic) bond motifs is 1. The van der Waals surface area contributed by atoms with E-state index < -0.39 is 12.2 Å². The van der Waals surface area contributed by atoms with Crippen molar-refractivity contribution in [1.82, 2.24) is 9.55 Å². The number of benzene rings is 2. The topological polar surface area (TPSA) is 53.4 Å². The van der Waals surface area contributed by atoms with Gasteiger partial charge < -0.3 is 9.47 Å². The van der Waals surface area contributed by atoms with E-state index in [2.05, 4.69) is 4.98 Å². The van der Waals surface area contributed by atoms with Crippen molar-refractivity contribution < 1.29 is 14.3 Å². The van der Waals surface area contributed by atoms with Crippen LogP contribution in [0.5, 0.6) is 5.75 Å². The Morgan fingerprint density at radius 2 is 1.92 bits per heavy atom. The van der Waals surface area contributed by atoms with Crippen molar-refractivity contribution in [3.63, 3.8) is 0 Å². The number of halogens is 1. The van der Waals surface area contributed by atoms with E-state index in [0.29, 0.717) is 27.6 Å². The molecule has 3 aromatic rings. The first-order valence-electron chi connectivity index (χ1n) is 7.67. The van der Waals surface area contributed by atoms with Crippen molar-refractivity contribution in [3.05, 3.63) is 59.4 Å². The molecule has 3 rings (SSSR count). The number of ether oxygens (including phenoxy) is 2. The van der Waals surface area contributed by atoms with Crippen LogP contribution in [-0.4, -0.2) is 22.3 Å². The van der Waals surface area contributed by atoms with E-state index in [1.54, 1.807) is 31.2 Å². The highest BCUT2D eigenvalue weighted by Gasteiger charge is 2.23. The van der Waals surface area contributed by atoms with Crippen LogP contribution in [-0.2, 0) is 4.74 Å². The monoisotopic (exact) mass is 344 g/mol. The van der Waals surface area contributed by atoms with E-state index in [1.165, 1.54) is 4.57 Å². The van der Waals surface area contributed by atoms with Gasteiger partial charge in [-0.15, -0.1) is 0 Å². The van der Waals surface area contributed by atoms with Crippen LogP contribution in [0, 0.1) is 0 Å². The molecule has 0 saturated heterocycles. The van der Waals surface area contributed by atoms with E-state index in [9.17, 15) is 4.79 Å². The molecule has 1 aromatic heterocycles. The van der Waals surface area contributed by atoms with Gasteiger partial charge in [0.15, 0.2) is 11.9 Å². The minimum atomic E-state index is -0.465. The van der Waals surface area contributed by atoms with Crippen LogP contribution in [0.2, 0.25) is 5.02 Å². The molecule has 6 heteroatoms. The molecular formula is C18H17ClN2O3. The first-order chi connectivity index (χ1) is 11.6. The lowest BCUT2D eigenvalue weighted by atomic mass is 10.3. The van der Waals surface area contributed by atoms with Gasteiger partial charge in [-0.1, -0.05) is 23.7 Å². The number of carbonyl (C=O) groups is 1. The molecule has 0 bridgehead atoms. The molecule has 24 heavy (non-hydrogen) atoms. The zero-order valence-electron chi connectivity index (χ0n) is 13.4. The molecule has 0 spiro atoms. The van der Waals surface area contributed by atoms with E-state index in [-0.39, 0.29) is 6.61 Å². The summed E-state index contributed by atoms with van der Waals surface area (Å²) in [6, 6.07) is 14.5. The minimum absolute atomic E-state index is 0.289. The van der Waals surface area contributed by atoms with Gasteiger partial charge in [-0.05, 0) is 50.2 Å². The van der Waals surface area contributed by atoms with Gasteiger partial charge in [0.2, 0.25) is 0 Å². The number of nitrogens with zero attached hydrogens (tertiary/aromatic N) is 2. The first kappa shape index (κ1) is 16.3. The van der Waals surface area contributed by atoms with Gasteiger partial charge in [-0.3, -0.25) is 0 Å². The third-order valence-electron chi connectivity index (χ3n) is 3.53. The zero-order valence-corrected chi connectivity index (χ0v) is 14.2. The molecule has 0 amide bonds. The maximum atomic E-state index is 12.4. The molecule has 0 N–H and O–H groups in total. The van der Waals surface area contributed by atoms with Gasteiger partial charge in [0, 0.05) is 5.02 Å². The highest BCUT2D eigenvalue weighted by Crippen LogP contribution is 2.26. The Morgan fingerprint density at radius 3 is 2.62 bits per heavy atom. The Kier molecular flexibility index (Phi) is 4.71. The SMILES string of the molecule is CCOC(=O)n1c([C@@H](C)Oc2ccc(Cl)cc2)nc2ccccc21. The van der Waals surface area contributed by atoms with Gasteiger partial charge in [0.05, 0.1) is 17.6 Å². The van der Waals surface area contributed by atoms with Crippen LogP contribution in [0.4, 0.5) is 4.79 Å².